The van der Waals surface area contributed by atoms with Crippen LogP contribution < -0.4 is 0 Å². The highest BCUT2D eigenvalue weighted by molar-refractivity contribution is 7.89. The molecule has 4 rings (SSSR count). The van der Waals surface area contributed by atoms with E-state index in [1.165, 1.54) is 24.3 Å². The molecule has 2 aromatic heterocycles. The van der Waals surface area contributed by atoms with E-state index in [1.54, 1.807) is 12.1 Å². The van der Waals surface area contributed by atoms with Crippen LogP contribution in [-0.4, -0.2) is 18.6 Å². The molecule has 0 radical (unpaired) electrons. The fourth-order valence-corrected chi connectivity index (χ4v) is 4.52. The highest BCUT2D eigenvalue weighted by Gasteiger charge is 2.30. The van der Waals surface area contributed by atoms with Crippen LogP contribution >= 0.6 is 0 Å². The van der Waals surface area contributed by atoms with E-state index in [1.807, 2.05) is 19.1 Å². The van der Waals surface area contributed by atoms with Crippen molar-refractivity contribution in [3.05, 3.63) is 83.1 Å². The quantitative estimate of drug-likeness (QED) is 0.379. The van der Waals surface area contributed by atoms with Crippen LogP contribution in [0.5, 0.6) is 0 Å². The molecule has 166 valence electrons. The van der Waals surface area contributed by atoms with Crippen molar-refractivity contribution >= 4 is 9.84 Å². The number of aryl methyl sites for hydroxylation is 1. The summed E-state index contributed by atoms with van der Waals surface area (Å²) in [6.45, 7) is 1.89. The van der Waals surface area contributed by atoms with Crippen LogP contribution in [0.25, 0.3) is 23.0 Å². The van der Waals surface area contributed by atoms with Gasteiger partial charge in [0.1, 0.15) is 11.5 Å². The minimum atomic E-state index is -4.44. The van der Waals surface area contributed by atoms with Crippen LogP contribution in [0.1, 0.15) is 22.5 Å². The fourth-order valence-electron chi connectivity index (χ4n) is 3.14. The van der Waals surface area contributed by atoms with Gasteiger partial charge < -0.3 is 8.94 Å². The number of hydrogen-bond acceptors (Lipinski definition) is 6. The van der Waals surface area contributed by atoms with Crippen molar-refractivity contribution in [1.29, 1.82) is 0 Å². The van der Waals surface area contributed by atoms with Crippen LogP contribution in [0.2, 0.25) is 0 Å². The molecule has 0 saturated heterocycles. The average Bonchev–Trinajstić information content (AvgIpc) is 3.36. The monoisotopic (exact) mass is 462 g/mol. The minimum absolute atomic E-state index is 0.0118. The maximum atomic E-state index is 12.7. The summed E-state index contributed by atoms with van der Waals surface area (Å²) in [6.07, 6.45) is -4.44. The molecule has 6 nitrogen and oxygen atoms in total. The summed E-state index contributed by atoms with van der Waals surface area (Å²) in [6, 6.07) is 14.6. The summed E-state index contributed by atoms with van der Waals surface area (Å²) in [7, 11) is -3.48. The molecular formula is C22H17F3N2O4S. The maximum Gasteiger partial charge on any atom is 0.416 e. The Morgan fingerprint density at radius 2 is 1.72 bits per heavy atom. The summed E-state index contributed by atoms with van der Waals surface area (Å²) in [5.74, 6) is 0.0174. The zero-order valence-electron chi connectivity index (χ0n) is 16.8. The van der Waals surface area contributed by atoms with Crippen LogP contribution in [0.4, 0.5) is 13.2 Å². The molecule has 0 bridgehead atoms. The number of hydrogen-bond donors (Lipinski definition) is 0. The van der Waals surface area contributed by atoms with Gasteiger partial charge >= 0.3 is 6.18 Å². The Kier molecular flexibility index (Phi) is 5.64. The van der Waals surface area contributed by atoms with Crippen molar-refractivity contribution in [3.63, 3.8) is 0 Å². The van der Waals surface area contributed by atoms with E-state index >= 15 is 0 Å². The molecule has 0 saturated carbocycles. The number of rotatable bonds is 6. The Hall–Kier alpha value is -3.40. The van der Waals surface area contributed by atoms with E-state index in [0.29, 0.717) is 11.1 Å². The van der Waals surface area contributed by atoms with E-state index in [4.69, 9.17) is 8.94 Å². The van der Waals surface area contributed by atoms with Crippen molar-refractivity contribution in [1.82, 2.24) is 10.1 Å². The van der Waals surface area contributed by atoms with Crippen LogP contribution in [0, 0.1) is 6.92 Å². The Labute approximate surface area is 181 Å². The fraction of sp³-hybridized carbons (Fsp3) is 0.182. The first-order valence-corrected chi connectivity index (χ1v) is 11.3. The van der Waals surface area contributed by atoms with Gasteiger partial charge in [0.2, 0.25) is 5.82 Å². The molecule has 4 aromatic rings. The number of benzene rings is 2. The zero-order valence-corrected chi connectivity index (χ0v) is 17.6. The summed E-state index contributed by atoms with van der Waals surface area (Å²) < 4.78 is 73.8. The maximum absolute atomic E-state index is 12.7. The van der Waals surface area contributed by atoms with Crippen molar-refractivity contribution in [3.8, 4) is 23.0 Å². The molecule has 0 N–H and O–H groups in total. The van der Waals surface area contributed by atoms with E-state index < -0.39 is 21.6 Å². The second kappa shape index (κ2) is 8.27. The number of aromatic nitrogens is 2. The Balaban J connectivity index is 1.48. The van der Waals surface area contributed by atoms with E-state index in [0.717, 1.165) is 17.7 Å². The van der Waals surface area contributed by atoms with Gasteiger partial charge in [-0.05, 0) is 36.8 Å². The summed E-state index contributed by atoms with van der Waals surface area (Å²) >= 11 is 0. The lowest BCUT2D eigenvalue weighted by molar-refractivity contribution is -0.137. The third kappa shape index (κ3) is 5.08. The van der Waals surface area contributed by atoms with Crippen molar-refractivity contribution in [2.24, 2.45) is 0 Å². The highest BCUT2D eigenvalue weighted by Crippen LogP contribution is 2.31. The SMILES string of the molecule is Cc1cccc(CS(=O)(=O)Cc2ccc(-c3nc(-c4ccc(C(F)(F)F)cc4)no3)o2)c1. The molecule has 0 aliphatic carbocycles. The van der Waals surface area contributed by atoms with E-state index in [-0.39, 0.29) is 34.7 Å². The molecule has 0 atom stereocenters. The van der Waals surface area contributed by atoms with Crippen molar-refractivity contribution < 1.29 is 30.5 Å². The molecule has 2 aromatic carbocycles. The molecule has 32 heavy (non-hydrogen) atoms. The first-order valence-electron chi connectivity index (χ1n) is 9.45. The van der Waals surface area contributed by atoms with Gasteiger partial charge in [-0.1, -0.05) is 47.1 Å². The van der Waals surface area contributed by atoms with Gasteiger partial charge in [-0.2, -0.15) is 18.2 Å². The van der Waals surface area contributed by atoms with Crippen LogP contribution in [-0.2, 0) is 27.5 Å². The topological polar surface area (TPSA) is 86.2 Å². The second-order valence-corrected chi connectivity index (χ2v) is 9.35. The lowest BCUT2D eigenvalue weighted by Gasteiger charge is -2.05. The van der Waals surface area contributed by atoms with E-state index in [2.05, 4.69) is 10.1 Å². The van der Waals surface area contributed by atoms with Gasteiger partial charge in [0, 0.05) is 5.56 Å². The number of halogens is 3. The molecular weight excluding hydrogens is 445 g/mol. The molecule has 2 heterocycles. The lowest BCUT2D eigenvalue weighted by atomic mass is 10.1. The third-order valence-electron chi connectivity index (χ3n) is 4.60. The predicted molar refractivity (Wildman–Crippen MR) is 110 cm³/mol. The highest BCUT2D eigenvalue weighted by atomic mass is 32.2. The second-order valence-electron chi connectivity index (χ2n) is 7.29. The molecule has 10 heteroatoms. The summed E-state index contributed by atoms with van der Waals surface area (Å²) in [5, 5.41) is 3.76. The number of sulfone groups is 1. The standard InChI is InChI=1S/C22H17F3N2O4S/c1-14-3-2-4-15(11-14)12-32(28,29)13-18-9-10-19(30-18)21-26-20(27-31-21)16-5-7-17(8-6-16)22(23,24)25/h2-11H,12-13H2,1H3. The van der Waals surface area contributed by atoms with Crippen molar-refractivity contribution in [2.75, 3.05) is 0 Å². The predicted octanol–water partition coefficient (Wildman–Crippen LogP) is 5.44. The summed E-state index contributed by atoms with van der Waals surface area (Å²) in [4.78, 5) is 4.13. The zero-order chi connectivity index (χ0) is 22.9. The van der Waals surface area contributed by atoms with Gasteiger partial charge in [0.05, 0.1) is 11.3 Å². The molecule has 0 aliphatic rings. The van der Waals surface area contributed by atoms with Gasteiger partial charge in [-0.25, -0.2) is 8.42 Å². The number of furan rings is 1. The smallest absolute Gasteiger partial charge is 0.416 e. The number of alkyl halides is 3. The van der Waals surface area contributed by atoms with Crippen molar-refractivity contribution in [2.45, 2.75) is 24.6 Å². The third-order valence-corrected chi connectivity index (χ3v) is 6.10. The molecule has 0 aliphatic heterocycles. The Morgan fingerprint density at radius 3 is 2.41 bits per heavy atom. The van der Waals surface area contributed by atoms with Gasteiger partial charge in [-0.3, -0.25) is 0 Å². The normalized spacial score (nSPS) is 12.2. The first kappa shape index (κ1) is 21.8. The largest absolute Gasteiger partial charge is 0.455 e. The van der Waals surface area contributed by atoms with E-state index in [9.17, 15) is 21.6 Å². The molecule has 0 amide bonds. The Morgan fingerprint density at radius 1 is 0.969 bits per heavy atom. The Bertz CT molecular complexity index is 1340. The van der Waals surface area contributed by atoms with Crippen LogP contribution in [0.3, 0.4) is 0 Å². The summed E-state index contributed by atoms with van der Waals surface area (Å²) in [5.41, 5.74) is 1.21. The minimum Gasteiger partial charge on any atom is -0.455 e. The lowest BCUT2D eigenvalue weighted by Crippen LogP contribution is -2.07. The van der Waals surface area contributed by atoms with Crippen LogP contribution in [0.15, 0.2) is 69.6 Å². The van der Waals surface area contributed by atoms with Gasteiger partial charge in [0.15, 0.2) is 15.6 Å². The average molecular weight is 462 g/mol. The first-order chi connectivity index (χ1) is 15.1. The van der Waals surface area contributed by atoms with Gasteiger partial charge in [-0.15, -0.1) is 0 Å². The number of nitrogens with zero attached hydrogens (tertiary/aromatic N) is 2. The molecule has 0 unspecified atom stereocenters. The molecule has 0 spiro atoms. The molecule has 0 fully saturated rings. The van der Waals surface area contributed by atoms with Gasteiger partial charge in [0.25, 0.3) is 5.89 Å².